The first-order chi connectivity index (χ1) is 9.09. The molecule has 0 fully saturated rings. The monoisotopic (exact) mass is 293 g/mol. The Hall–Kier alpha value is -1.51. The predicted molar refractivity (Wildman–Crippen MR) is 79.9 cm³/mol. The first-order valence-corrected chi connectivity index (χ1v) is 6.65. The number of carbonyl (C=O) groups excluding carboxylic acids is 1. The topological polar surface area (TPSA) is 29.1 Å². The van der Waals surface area contributed by atoms with E-state index in [0.29, 0.717) is 15.7 Å². The van der Waals surface area contributed by atoms with Crippen molar-refractivity contribution in [3.05, 3.63) is 64.1 Å². The third-order valence-corrected chi connectivity index (χ3v) is 3.72. The SMILES string of the molecule is C[C@@H](C(=O)Nc1cccc(Cl)c1Cl)c1ccccc1. The molecule has 0 heterocycles. The molecule has 1 amide bonds. The van der Waals surface area contributed by atoms with Crippen LogP contribution in [0.2, 0.25) is 10.0 Å². The second kappa shape index (κ2) is 6.09. The number of halogens is 2. The molecule has 1 N–H and O–H groups in total. The molecule has 0 saturated heterocycles. The Balaban J connectivity index is 2.15. The smallest absolute Gasteiger partial charge is 0.231 e. The lowest BCUT2D eigenvalue weighted by Crippen LogP contribution is -2.19. The molecule has 4 heteroatoms. The molecule has 1 atom stereocenters. The van der Waals surface area contributed by atoms with Gasteiger partial charge in [0.1, 0.15) is 0 Å². The van der Waals surface area contributed by atoms with Crippen LogP contribution in [-0.4, -0.2) is 5.91 Å². The largest absolute Gasteiger partial charge is 0.324 e. The highest BCUT2D eigenvalue weighted by Gasteiger charge is 2.16. The lowest BCUT2D eigenvalue weighted by Gasteiger charge is -2.13. The number of carbonyl (C=O) groups is 1. The van der Waals surface area contributed by atoms with E-state index in [0.717, 1.165) is 5.56 Å². The maximum atomic E-state index is 12.2. The van der Waals surface area contributed by atoms with Crippen LogP contribution in [0.4, 0.5) is 5.69 Å². The molecule has 0 radical (unpaired) electrons. The summed E-state index contributed by atoms with van der Waals surface area (Å²) in [5.74, 6) is -0.369. The zero-order chi connectivity index (χ0) is 13.8. The molecular formula is C15H13Cl2NO. The van der Waals surface area contributed by atoms with Gasteiger partial charge in [0.2, 0.25) is 5.91 Å². The fraction of sp³-hybridized carbons (Fsp3) is 0.133. The van der Waals surface area contributed by atoms with Crippen LogP contribution >= 0.6 is 23.2 Å². The summed E-state index contributed by atoms with van der Waals surface area (Å²) in [5, 5.41) is 3.58. The summed E-state index contributed by atoms with van der Waals surface area (Å²) >= 11 is 12.0. The highest BCUT2D eigenvalue weighted by atomic mass is 35.5. The second-order valence-electron chi connectivity index (χ2n) is 4.22. The Bertz CT molecular complexity index is 584. The molecule has 0 saturated carbocycles. The van der Waals surface area contributed by atoms with Gasteiger partial charge in [-0.2, -0.15) is 0 Å². The Morgan fingerprint density at radius 2 is 1.74 bits per heavy atom. The van der Waals surface area contributed by atoms with Crippen molar-refractivity contribution in [3.63, 3.8) is 0 Å². The van der Waals surface area contributed by atoms with Crippen molar-refractivity contribution in [3.8, 4) is 0 Å². The average molecular weight is 294 g/mol. The maximum absolute atomic E-state index is 12.2. The molecule has 2 aromatic carbocycles. The van der Waals surface area contributed by atoms with E-state index in [1.807, 2.05) is 37.3 Å². The summed E-state index contributed by atoms with van der Waals surface area (Å²) in [7, 11) is 0. The number of benzene rings is 2. The van der Waals surface area contributed by atoms with Crippen LogP contribution in [0.15, 0.2) is 48.5 Å². The molecule has 0 aromatic heterocycles. The molecule has 0 unspecified atom stereocenters. The molecule has 19 heavy (non-hydrogen) atoms. The molecule has 0 aliphatic rings. The van der Waals surface area contributed by atoms with Crippen molar-refractivity contribution in [2.45, 2.75) is 12.8 Å². The Morgan fingerprint density at radius 1 is 1.05 bits per heavy atom. The normalized spacial score (nSPS) is 11.9. The number of anilines is 1. The highest BCUT2D eigenvalue weighted by Crippen LogP contribution is 2.30. The molecule has 2 nitrogen and oxygen atoms in total. The molecule has 2 rings (SSSR count). The molecule has 0 aliphatic heterocycles. The van der Waals surface area contributed by atoms with Gasteiger partial charge < -0.3 is 5.32 Å². The summed E-state index contributed by atoms with van der Waals surface area (Å²) in [6.07, 6.45) is 0. The lowest BCUT2D eigenvalue weighted by molar-refractivity contribution is -0.117. The van der Waals surface area contributed by atoms with Crippen molar-refractivity contribution >= 4 is 34.8 Å². The zero-order valence-electron chi connectivity index (χ0n) is 10.4. The van der Waals surface area contributed by atoms with Crippen LogP contribution in [0.25, 0.3) is 0 Å². The molecule has 0 spiro atoms. The van der Waals surface area contributed by atoms with E-state index in [-0.39, 0.29) is 11.8 Å². The van der Waals surface area contributed by atoms with Gasteiger partial charge in [-0.3, -0.25) is 4.79 Å². The van der Waals surface area contributed by atoms with E-state index in [1.165, 1.54) is 0 Å². The van der Waals surface area contributed by atoms with Crippen LogP contribution in [0, 0.1) is 0 Å². The molecular weight excluding hydrogens is 281 g/mol. The first kappa shape index (κ1) is 13.9. The van der Waals surface area contributed by atoms with Crippen LogP contribution in [0.3, 0.4) is 0 Å². The highest BCUT2D eigenvalue weighted by molar-refractivity contribution is 6.44. The van der Waals surface area contributed by atoms with Gasteiger partial charge in [-0.25, -0.2) is 0 Å². The number of hydrogen-bond donors (Lipinski definition) is 1. The van der Waals surface area contributed by atoms with Crippen molar-refractivity contribution in [1.82, 2.24) is 0 Å². The number of hydrogen-bond acceptors (Lipinski definition) is 1. The summed E-state index contributed by atoms with van der Waals surface area (Å²) in [5.41, 5.74) is 1.49. The summed E-state index contributed by atoms with van der Waals surface area (Å²) in [6, 6.07) is 14.7. The van der Waals surface area contributed by atoms with E-state index in [9.17, 15) is 4.79 Å². The number of rotatable bonds is 3. The van der Waals surface area contributed by atoms with Gasteiger partial charge in [-0.15, -0.1) is 0 Å². The molecule has 0 bridgehead atoms. The quantitative estimate of drug-likeness (QED) is 0.870. The van der Waals surface area contributed by atoms with Gasteiger partial charge in [-0.05, 0) is 24.6 Å². The van der Waals surface area contributed by atoms with E-state index >= 15 is 0 Å². The van der Waals surface area contributed by atoms with Crippen LogP contribution in [0.5, 0.6) is 0 Å². The zero-order valence-corrected chi connectivity index (χ0v) is 11.9. The maximum Gasteiger partial charge on any atom is 0.231 e. The minimum Gasteiger partial charge on any atom is -0.324 e. The lowest BCUT2D eigenvalue weighted by atomic mass is 10.0. The van der Waals surface area contributed by atoms with Crippen LogP contribution in [0.1, 0.15) is 18.4 Å². The molecule has 0 aliphatic carbocycles. The third-order valence-electron chi connectivity index (χ3n) is 2.90. The van der Waals surface area contributed by atoms with Gasteiger partial charge in [0.25, 0.3) is 0 Å². The van der Waals surface area contributed by atoms with Gasteiger partial charge in [0.15, 0.2) is 0 Å². The minimum atomic E-state index is -0.253. The van der Waals surface area contributed by atoms with Gasteiger partial charge in [0, 0.05) is 0 Å². The Kier molecular flexibility index (Phi) is 4.46. The van der Waals surface area contributed by atoms with E-state index in [1.54, 1.807) is 18.2 Å². The second-order valence-corrected chi connectivity index (χ2v) is 5.01. The first-order valence-electron chi connectivity index (χ1n) is 5.89. The molecule has 98 valence electrons. The van der Waals surface area contributed by atoms with E-state index < -0.39 is 0 Å². The minimum absolute atomic E-state index is 0.115. The van der Waals surface area contributed by atoms with Gasteiger partial charge in [-0.1, -0.05) is 59.6 Å². The summed E-state index contributed by atoms with van der Waals surface area (Å²) < 4.78 is 0. The number of nitrogens with one attached hydrogen (secondary N) is 1. The fourth-order valence-corrected chi connectivity index (χ4v) is 2.08. The Labute approximate surface area is 122 Å². The fourth-order valence-electron chi connectivity index (χ4n) is 1.73. The third kappa shape index (κ3) is 3.28. The van der Waals surface area contributed by atoms with Gasteiger partial charge >= 0.3 is 0 Å². The summed E-state index contributed by atoms with van der Waals surface area (Å²) in [4.78, 5) is 12.2. The van der Waals surface area contributed by atoms with Crippen molar-refractivity contribution in [2.75, 3.05) is 5.32 Å². The predicted octanol–water partition coefficient (Wildman–Crippen LogP) is 4.74. The average Bonchev–Trinajstić information content (AvgIpc) is 2.44. The molecule has 2 aromatic rings. The standard InChI is InChI=1S/C15H13Cl2NO/c1-10(11-6-3-2-4-7-11)15(19)18-13-9-5-8-12(16)14(13)17/h2-10H,1H3,(H,18,19)/t10-/m1/s1. The summed E-state index contributed by atoms with van der Waals surface area (Å²) in [6.45, 7) is 1.85. The number of amides is 1. The van der Waals surface area contributed by atoms with Crippen LogP contribution in [-0.2, 0) is 4.79 Å². The van der Waals surface area contributed by atoms with Gasteiger partial charge in [0.05, 0.1) is 21.7 Å². The van der Waals surface area contributed by atoms with Crippen molar-refractivity contribution < 1.29 is 4.79 Å². The Morgan fingerprint density at radius 3 is 2.42 bits per heavy atom. The van der Waals surface area contributed by atoms with Crippen molar-refractivity contribution in [2.24, 2.45) is 0 Å². The van der Waals surface area contributed by atoms with E-state index in [4.69, 9.17) is 23.2 Å². The van der Waals surface area contributed by atoms with Crippen molar-refractivity contribution in [1.29, 1.82) is 0 Å². The van der Waals surface area contributed by atoms with E-state index in [2.05, 4.69) is 5.32 Å². The van der Waals surface area contributed by atoms with Crippen LogP contribution < -0.4 is 5.32 Å².